The lowest BCUT2D eigenvalue weighted by Crippen LogP contribution is -2.52. The van der Waals surface area contributed by atoms with Crippen LogP contribution in [0.1, 0.15) is 32.1 Å². The Balaban J connectivity index is 1.68. The van der Waals surface area contributed by atoms with Crippen molar-refractivity contribution in [3.63, 3.8) is 0 Å². The molecule has 0 aromatic carbocycles. The fourth-order valence-corrected chi connectivity index (χ4v) is 4.03. The number of carbonyl (C=O) groups excluding carboxylic acids is 1. The molecule has 2 atom stereocenters. The van der Waals surface area contributed by atoms with Crippen molar-refractivity contribution in [1.29, 1.82) is 0 Å². The van der Waals surface area contributed by atoms with E-state index >= 15 is 0 Å². The Kier molecular flexibility index (Phi) is 3.56. The van der Waals surface area contributed by atoms with Crippen LogP contribution in [0.4, 0.5) is 0 Å². The van der Waals surface area contributed by atoms with Crippen molar-refractivity contribution >= 4 is 17.7 Å². The quantitative estimate of drug-likeness (QED) is 0.828. The van der Waals surface area contributed by atoms with E-state index in [0.29, 0.717) is 6.04 Å². The van der Waals surface area contributed by atoms with E-state index in [4.69, 9.17) is 10.5 Å². The third kappa shape index (κ3) is 2.53. The minimum atomic E-state index is -0.536. The number of nitrogens with two attached hydrogens (primary N) is 1. The van der Waals surface area contributed by atoms with Crippen molar-refractivity contribution in [2.24, 2.45) is 5.73 Å². The van der Waals surface area contributed by atoms with Gasteiger partial charge < -0.3 is 15.4 Å². The van der Waals surface area contributed by atoms with Crippen LogP contribution >= 0.6 is 11.8 Å². The number of amides is 1. The summed E-state index contributed by atoms with van der Waals surface area (Å²) in [5.41, 5.74) is 5.56. The molecule has 2 heterocycles. The number of carbonyl (C=O) groups is 1. The zero-order valence-corrected chi connectivity index (χ0v) is 11.6. The number of thioether (sulfide) groups is 1. The minimum absolute atomic E-state index is 0.172. The smallest absolute Gasteiger partial charge is 0.243 e. The number of nitrogens with zero attached hydrogens (tertiary/aromatic N) is 1. The molecular weight excluding hydrogens is 248 g/mol. The molecule has 0 radical (unpaired) electrons. The molecule has 0 bridgehead atoms. The number of hydrogen-bond donors (Lipinski definition) is 1. The van der Waals surface area contributed by atoms with Crippen molar-refractivity contribution in [3.8, 4) is 0 Å². The molecule has 3 fully saturated rings. The Morgan fingerprint density at radius 3 is 2.83 bits per heavy atom. The summed E-state index contributed by atoms with van der Waals surface area (Å²) in [6, 6.07) is 0.382. The van der Waals surface area contributed by atoms with Crippen molar-refractivity contribution in [2.45, 2.75) is 49.8 Å². The molecule has 1 amide bonds. The predicted octanol–water partition coefficient (Wildman–Crippen LogP) is 0.991. The maximum absolute atomic E-state index is 12.5. The maximum atomic E-state index is 12.5. The highest BCUT2D eigenvalue weighted by Crippen LogP contribution is 2.36. The van der Waals surface area contributed by atoms with Gasteiger partial charge in [-0.1, -0.05) is 0 Å². The van der Waals surface area contributed by atoms with Crippen molar-refractivity contribution in [1.82, 2.24) is 4.90 Å². The fourth-order valence-electron chi connectivity index (χ4n) is 2.81. The number of hydrogen-bond acceptors (Lipinski definition) is 4. The molecule has 3 rings (SSSR count). The highest BCUT2D eigenvalue weighted by Gasteiger charge is 2.50. The van der Waals surface area contributed by atoms with Gasteiger partial charge in [-0.25, -0.2) is 0 Å². The summed E-state index contributed by atoms with van der Waals surface area (Å²) in [5, 5.41) is 0. The van der Waals surface area contributed by atoms with Crippen LogP contribution in [0.15, 0.2) is 0 Å². The molecular formula is C13H22N2O2S. The lowest BCUT2D eigenvalue weighted by Gasteiger charge is -2.32. The first-order valence-corrected chi connectivity index (χ1v) is 8.14. The average molecular weight is 270 g/mol. The van der Waals surface area contributed by atoms with Crippen LogP contribution in [0.25, 0.3) is 0 Å². The highest BCUT2D eigenvalue weighted by atomic mass is 32.2. The van der Waals surface area contributed by atoms with Crippen LogP contribution in [-0.4, -0.2) is 53.1 Å². The molecule has 2 saturated heterocycles. The summed E-state index contributed by atoms with van der Waals surface area (Å²) >= 11 is 1.94. The first-order valence-electron chi connectivity index (χ1n) is 6.98. The van der Waals surface area contributed by atoms with Crippen LogP contribution in [0.2, 0.25) is 0 Å². The Morgan fingerprint density at radius 2 is 2.28 bits per heavy atom. The van der Waals surface area contributed by atoms with Crippen LogP contribution in [-0.2, 0) is 9.53 Å². The summed E-state index contributed by atoms with van der Waals surface area (Å²) in [4.78, 5) is 14.6. The number of ether oxygens (including phenoxy) is 1. The third-order valence-electron chi connectivity index (χ3n) is 4.25. The van der Waals surface area contributed by atoms with E-state index in [1.807, 2.05) is 16.7 Å². The molecule has 18 heavy (non-hydrogen) atoms. The first kappa shape index (κ1) is 12.8. The molecule has 2 aliphatic heterocycles. The van der Waals surface area contributed by atoms with E-state index in [9.17, 15) is 4.79 Å². The Hall–Kier alpha value is -0.260. The molecule has 1 aliphatic carbocycles. The van der Waals surface area contributed by atoms with Gasteiger partial charge in [-0.15, -0.1) is 0 Å². The van der Waals surface area contributed by atoms with Crippen molar-refractivity contribution < 1.29 is 9.53 Å². The summed E-state index contributed by atoms with van der Waals surface area (Å²) in [7, 11) is 0. The lowest BCUT2D eigenvalue weighted by molar-refractivity contribution is -0.137. The SMILES string of the molecule is NC1(C(=O)N(CC2CCCO2)C2CCSC2)CC1. The van der Waals surface area contributed by atoms with Crippen LogP contribution < -0.4 is 5.73 Å². The second-order valence-electron chi connectivity index (χ2n) is 5.77. The topological polar surface area (TPSA) is 55.6 Å². The van der Waals surface area contributed by atoms with E-state index < -0.39 is 5.54 Å². The van der Waals surface area contributed by atoms with Gasteiger partial charge in [0.15, 0.2) is 0 Å². The van der Waals surface area contributed by atoms with Gasteiger partial charge in [0.25, 0.3) is 0 Å². The summed E-state index contributed by atoms with van der Waals surface area (Å²) in [6.45, 7) is 1.60. The largest absolute Gasteiger partial charge is 0.376 e. The molecule has 5 heteroatoms. The van der Waals surface area contributed by atoms with Crippen LogP contribution in [0.5, 0.6) is 0 Å². The van der Waals surface area contributed by atoms with Gasteiger partial charge in [0.2, 0.25) is 5.91 Å². The second kappa shape index (κ2) is 5.02. The van der Waals surface area contributed by atoms with E-state index in [2.05, 4.69) is 0 Å². The molecule has 4 nitrogen and oxygen atoms in total. The molecule has 3 aliphatic rings. The second-order valence-corrected chi connectivity index (χ2v) is 6.92. The van der Waals surface area contributed by atoms with Gasteiger partial charge in [-0.05, 0) is 37.9 Å². The Bertz CT molecular complexity index is 321. The van der Waals surface area contributed by atoms with E-state index in [1.165, 1.54) is 0 Å². The Morgan fingerprint density at radius 1 is 1.44 bits per heavy atom. The third-order valence-corrected chi connectivity index (χ3v) is 5.39. The van der Waals surface area contributed by atoms with Crippen LogP contribution in [0, 0.1) is 0 Å². The highest BCUT2D eigenvalue weighted by molar-refractivity contribution is 7.99. The van der Waals surface area contributed by atoms with Gasteiger partial charge >= 0.3 is 0 Å². The Labute approximate surface area is 113 Å². The molecule has 0 aromatic heterocycles. The molecule has 102 valence electrons. The number of rotatable bonds is 4. The fraction of sp³-hybridized carbons (Fsp3) is 0.923. The summed E-state index contributed by atoms with van der Waals surface area (Å²) in [5.74, 6) is 2.40. The van der Waals surface area contributed by atoms with E-state index in [-0.39, 0.29) is 12.0 Å². The van der Waals surface area contributed by atoms with Gasteiger partial charge in [-0.2, -0.15) is 11.8 Å². The van der Waals surface area contributed by atoms with E-state index in [0.717, 1.165) is 56.8 Å². The predicted molar refractivity (Wildman–Crippen MR) is 72.6 cm³/mol. The molecule has 0 spiro atoms. The lowest BCUT2D eigenvalue weighted by atomic mass is 10.1. The summed E-state index contributed by atoms with van der Waals surface area (Å²) in [6.07, 6.45) is 5.27. The van der Waals surface area contributed by atoms with Crippen molar-refractivity contribution in [2.75, 3.05) is 24.7 Å². The molecule has 1 saturated carbocycles. The van der Waals surface area contributed by atoms with Gasteiger partial charge in [0, 0.05) is 24.9 Å². The first-order chi connectivity index (χ1) is 8.69. The zero-order chi connectivity index (χ0) is 12.6. The van der Waals surface area contributed by atoms with Crippen molar-refractivity contribution in [3.05, 3.63) is 0 Å². The van der Waals surface area contributed by atoms with Gasteiger partial charge in [0.05, 0.1) is 11.6 Å². The molecule has 2 N–H and O–H groups in total. The van der Waals surface area contributed by atoms with E-state index in [1.54, 1.807) is 0 Å². The zero-order valence-electron chi connectivity index (χ0n) is 10.8. The molecule has 0 aromatic rings. The summed E-state index contributed by atoms with van der Waals surface area (Å²) < 4.78 is 5.68. The normalized spacial score (nSPS) is 33.6. The minimum Gasteiger partial charge on any atom is -0.376 e. The standard InChI is InChI=1S/C13H22N2O2S/c14-13(4-5-13)12(16)15(10-3-7-18-9-10)8-11-2-1-6-17-11/h10-11H,1-9,14H2. The average Bonchev–Trinajstić information content (AvgIpc) is 2.85. The van der Waals surface area contributed by atoms with Gasteiger partial charge in [-0.3, -0.25) is 4.79 Å². The monoisotopic (exact) mass is 270 g/mol. The molecule has 2 unspecified atom stereocenters. The maximum Gasteiger partial charge on any atom is 0.243 e. The van der Waals surface area contributed by atoms with Crippen LogP contribution in [0.3, 0.4) is 0 Å². The van der Waals surface area contributed by atoms with Gasteiger partial charge in [0.1, 0.15) is 0 Å².